The van der Waals surface area contributed by atoms with Crippen molar-refractivity contribution in [2.45, 2.75) is 83.1 Å². The molecular weight excluding hydrogens is 392 g/mol. The van der Waals surface area contributed by atoms with Gasteiger partial charge in [0.25, 0.3) is 0 Å². The molecule has 0 fully saturated rings. The molecule has 0 amide bonds. The maximum Gasteiger partial charge on any atom is 0.185 e. The summed E-state index contributed by atoms with van der Waals surface area (Å²) in [4.78, 5) is 26.4. The van der Waals surface area contributed by atoms with Gasteiger partial charge in [0.1, 0.15) is 0 Å². The summed E-state index contributed by atoms with van der Waals surface area (Å²) in [6.45, 7) is 25.2. The monoisotopic (exact) mass is 436 g/mol. The topological polar surface area (TPSA) is 34.1 Å². The van der Waals surface area contributed by atoms with Crippen LogP contribution >= 0.6 is 0 Å². The van der Waals surface area contributed by atoms with E-state index in [1.807, 2.05) is 0 Å². The predicted molar refractivity (Wildman–Crippen MR) is 136 cm³/mol. The Labute approximate surface area is 196 Å². The fourth-order valence-electron chi connectivity index (χ4n) is 4.30. The second-order valence-corrected chi connectivity index (χ2v) is 13.5. The number of rotatable bonds is 2. The fraction of sp³-hybridized carbons (Fsp3) is 0.600. The van der Waals surface area contributed by atoms with Gasteiger partial charge in [0.2, 0.25) is 0 Å². The summed E-state index contributed by atoms with van der Waals surface area (Å²) in [6.07, 6.45) is 12.8. The first-order valence-electron chi connectivity index (χ1n) is 11.9. The molecule has 0 radical (unpaired) electrons. The van der Waals surface area contributed by atoms with Crippen LogP contribution in [0.25, 0.3) is 0 Å². The van der Waals surface area contributed by atoms with Gasteiger partial charge in [-0.2, -0.15) is 0 Å². The van der Waals surface area contributed by atoms with Crippen molar-refractivity contribution < 1.29 is 9.59 Å². The van der Waals surface area contributed by atoms with Crippen molar-refractivity contribution in [3.63, 3.8) is 0 Å². The van der Waals surface area contributed by atoms with Crippen LogP contribution in [0.4, 0.5) is 0 Å². The molecule has 0 saturated carbocycles. The normalized spacial score (nSPS) is 20.4. The third-order valence-electron chi connectivity index (χ3n) is 6.20. The zero-order valence-electron chi connectivity index (χ0n) is 22.4. The lowest BCUT2D eigenvalue weighted by Crippen LogP contribution is -2.29. The van der Waals surface area contributed by atoms with E-state index in [2.05, 4.69) is 120 Å². The van der Waals surface area contributed by atoms with E-state index in [4.69, 9.17) is 0 Å². The van der Waals surface area contributed by atoms with Crippen LogP contribution in [-0.4, -0.2) is 11.6 Å². The summed E-state index contributed by atoms with van der Waals surface area (Å²) in [5, 5.41) is 0. The Morgan fingerprint density at radius 3 is 0.812 bits per heavy atom. The molecule has 0 heterocycles. The van der Waals surface area contributed by atoms with Crippen LogP contribution in [0, 0.1) is 33.5 Å². The molecular formula is C30H44O2. The number of Topliss-reactive ketones (excluding diaryl/α,β-unsaturated/α-hetero) is 2. The van der Waals surface area contributed by atoms with E-state index < -0.39 is 0 Å². The third kappa shape index (κ3) is 5.88. The van der Waals surface area contributed by atoms with Crippen LogP contribution in [0.3, 0.4) is 0 Å². The smallest absolute Gasteiger partial charge is 0.185 e. The van der Waals surface area contributed by atoms with Gasteiger partial charge < -0.3 is 0 Å². The van der Waals surface area contributed by atoms with E-state index in [0.717, 1.165) is 22.3 Å². The summed E-state index contributed by atoms with van der Waals surface area (Å²) in [6, 6.07) is 0. The number of ketones is 2. The molecule has 2 nitrogen and oxygen atoms in total. The highest BCUT2D eigenvalue weighted by Gasteiger charge is 2.36. The molecule has 0 aliphatic heterocycles. The molecule has 0 N–H and O–H groups in total. The number of allylic oxidation sites excluding steroid dienone is 10. The third-order valence-corrected chi connectivity index (χ3v) is 6.20. The quantitative estimate of drug-likeness (QED) is 0.413. The first kappa shape index (κ1) is 26.3. The first-order chi connectivity index (χ1) is 14.2. The lowest BCUT2D eigenvalue weighted by Gasteiger charge is -2.33. The minimum Gasteiger partial charge on any atom is -0.289 e. The van der Waals surface area contributed by atoms with E-state index in [0.29, 0.717) is 0 Å². The molecule has 2 heteroatoms. The van der Waals surface area contributed by atoms with Gasteiger partial charge in [-0.1, -0.05) is 120 Å². The minimum atomic E-state index is -0.205. The molecule has 0 bridgehead atoms. The molecule has 0 saturated heterocycles. The van der Waals surface area contributed by atoms with Gasteiger partial charge in [-0.05, 0) is 21.7 Å². The Kier molecular flexibility index (Phi) is 6.93. The summed E-state index contributed by atoms with van der Waals surface area (Å²) in [5.74, 6) is 0.462. The Morgan fingerprint density at radius 1 is 0.469 bits per heavy atom. The van der Waals surface area contributed by atoms with Crippen molar-refractivity contribution in [1.82, 2.24) is 0 Å². The standard InChI is InChI=1S/C30H44O2/c1-27(2,3)21-15-19(16-22(25(21)31)28(4,5)6)13-14-20-17-23(29(7,8)9)26(32)24(18-20)30(10,11)12/h13-20H,1-12H3. The number of carbonyl (C=O) groups excluding carboxylic acids is 2. The van der Waals surface area contributed by atoms with Crippen molar-refractivity contribution in [3.8, 4) is 0 Å². The average Bonchev–Trinajstić information content (AvgIpc) is 2.57. The van der Waals surface area contributed by atoms with Gasteiger partial charge in [0, 0.05) is 34.1 Å². The molecule has 0 unspecified atom stereocenters. The van der Waals surface area contributed by atoms with Crippen molar-refractivity contribution in [1.29, 1.82) is 0 Å². The van der Waals surface area contributed by atoms with Crippen LogP contribution in [0.2, 0.25) is 0 Å². The lowest BCUT2D eigenvalue weighted by atomic mass is 9.70. The largest absolute Gasteiger partial charge is 0.289 e. The van der Waals surface area contributed by atoms with Crippen LogP contribution in [0.1, 0.15) is 83.1 Å². The number of carbonyl (C=O) groups is 2. The predicted octanol–water partition coefficient (Wildman–Crippen LogP) is 7.83. The zero-order chi connectivity index (χ0) is 24.9. The Morgan fingerprint density at radius 2 is 0.656 bits per heavy atom. The Bertz CT molecular complexity index is 787. The SMILES string of the molecule is CC(C)(C)C1=CC(C=CC2C=C(C(C)(C)C)C(=O)C(C(C)(C)C)=C2)C=C(C(C)(C)C)C1=O. The highest BCUT2D eigenvalue weighted by molar-refractivity contribution is 6.11. The van der Waals surface area contributed by atoms with E-state index in [1.165, 1.54) is 0 Å². The molecule has 2 rings (SSSR count). The zero-order valence-corrected chi connectivity index (χ0v) is 22.4. The second kappa shape index (κ2) is 8.43. The van der Waals surface area contributed by atoms with Gasteiger partial charge in [-0.3, -0.25) is 9.59 Å². The van der Waals surface area contributed by atoms with Gasteiger partial charge >= 0.3 is 0 Å². The van der Waals surface area contributed by atoms with Gasteiger partial charge in [0.15, 0.2) is 11.6 Å². The van der Waals surface area contributed by atoms with Gasteiger partial charge in [0.05, 0.1) is 0 Å². The van der Waals surface area contributed by atoms with Crippen molar-refractivity contribution in [2.24, 2.45) is 33.5 Å². The van der Waals surface area contributed by atoms with E-state index in [1.54, 1.807) is 0 Å². The highest BCUT2D eigenvalue weighted by Crippen LogP contribution is 2.41. The molecule has 2 aliphatic rings. The summed E-state index contributed by atoms with van der Waals surface area (Å²) in [5.41, 5.74) is 2.72. The molecule has 2 aliphatic carbocycles. The molecule has 0 aromatic heterocycles. The minimum absolute atomic E-state index is 0.0618. The molecule has 32 heavy (non-hydrogen) atoms. The maximum absolute atomic E-state index is 13.2. The van der Waals surface area contributed by atoms with Crippen molar-refractivity contribution in [2.75, 3.05) is 0 Å². The Hall–Kier alpha value is -1.96. The molecule has 0 atom stereocenters. The van der Waals surface area contributed by atoms with Crippen molar-refractivity contribution >= 4 is 11.6 Å². The average molecular weight is 437 g/mol. The fourth-order valence-corrected chi connectivity index (χ4v) is 4.30. The molecule has 176 valence electrons. The van der Waals surface area contributed by atoms with Crippen molar-refractivity contribution in [3.05, 3.63) is 58.7 Å². The van der Waals surface area contributed by atoms with Gasteiger partial charge in [-0.25, -0.2) is 0 Å². The maximum atomic E-state index is 13.2. The Balaban J connectivity index is 2.52. The highest BCUT2D eigenvalue weighted by atomic mass is 16.1. The van der Waals surface area contributed by atoms with Crippen LogP contribution < -0.4 is 0 Å². The van der Waals surface area contributed by atoms with E-state index in [9.17, 15) is 9.59 Å². The number of hydrogen-bond acceptors (Lipinski definition) is 2. The van der Waals surface area contributed by atoms with Crippen LogP contribution in [0.5, 0.6) is 0 Å². The van der Waals surface area contributed by atoms with Crippen LogP contribution in [0.15, 0.2) is 58.7 Å². The summed E-state index contributed by atoms with van der Waals surface area (Å²) < 4.78 is 0. The van der Waals surface area contributed by atoms with E-state index >= 15 is 0 Å². The summed E-state index contributed by atoms with van der Waals surface area (Å²) >= 11 is 0. The van der Waals surface area contributed by atoms with Crippen LogP contribution in [-0.2, 0) is 9.59 Å². The summed E-state index contributed by atoms with van der Waals surface area (Å²) in [7, 11) is 0. The second-order valence-electron chi connectivity index (χ2n) is 13.5. The lowest BCUT2D eigenvalue weighted by molar-refractivity contribution is -0.115. The number of hydrogen-bond donors (Lipinski definition) is 0. The van der Waals surface area contributed by atoms with Gasteiger partial charge in [-0.15, -0.1) is 0 Å². The molecule has 0 aromatic carbocycles. The molecule has 0 aromatic rings. The molecule has 0 spiro atoms. The van der Waals surface area contributed by atoms with E-state index in [-0.39, 0.29) is 45.1 Å². The first-order valence-corrected chi connectivity index (χ1v) is 11.9.